The molecule has 5 nitrogen and oxygen atoms in total. The molecule has 0 aliphatic heterocycles. The Morgan fingerprint density at radius 2 is 1.79 bits per heavy atom. The van der Waals surface area contributed by atoms with Crippen LogP contribution >= 0.6 is 0 Å². The molecule has 2 aromatic carbocycles. The van der Waals surface area contributed by atoms with Crippen molar-refractivity contribution in [2.75, 3.05) is 0 Å². The van der Waals surface area contributed by atoms with Gasteiger partial charge in [-0.2, -0.15) is 10.5 Å². The first kappa shape index (κ1) is 20.2. The number of carbonyl (C=O) groups is 1. The molecular weight excluding hydrogens is 362 g/mol. The molecule has 0 aromatic heterocycles. The van der Waals surface area contributed by atoms with Gasteiger partial charge in [-0.15, -0.1) is 0 Å². The van der Waals surface area contributed by atoms with Crippen LogP contribution in [0.4, 0.5) is 0 Å². The maximum Gasteiger partial charge on any atom is 0.262 e. The highest BCUT2D eigenvalue weighted by molar-refractivity contribution is 6.01. The molecule has 1 fully saturated rings. The molecule has 1 saturated carbocycles. The third kappa shape index (κ3) is 5.70. The number of nitrogens with one attached hydrogen (secondary N) is 1. The van der Waals surface area contributed by atoms with E-state index in [2.05, 4.69) is 11.4 Å². The van der Waals surface area contributed by atoms with Gasteiger partial charge in [0.25, 0.3) is 5.91 Å². The average molecular weight is 385 g/mol. The summed E-state index contributed by atoms with van der Waals surface area (Å²) < 4.78 is 5.75. The molecule has 29 heavy (non-hydrogen) atoms. The Morgan fingerprint density at radius 3 is 2.48 bits per heavy atom. The lowest BCUT2D eigenvalue weighted by atomic mass is 9.95. The quantitative estimate of drug-likeness (QED) is 0.586. The van der Waals surface area contributed by atoms with E-state index in [1.54, 1.807) is 36.4 Å². The molecule has 146 valence electrons. The van der Waals surface area contributed by atoms with Crippen molar-refractivity contribution < 1.29 is 9.53 Å². The first-order valence-electron chi connectivity index (χ1n) is 9.83. The molecule has 0 unspecified atom stereocenters. The molecule has 3 rings (SSSR count). The predicted octanol–water partition coefficient (Wildman–Crippen LogP) is 4.49. The Kier molecular flexibility index (Phi) is 7.03. The number of rotatable bonds is 6. The van der Waals surface area contributed by atoms with Crippen LogP contribution in [-0.4, -0.2) is 11.9 Å². The fourth-order valence-electron chi connectivity index (χ4n) is 3.40. The maximum atomic E-state index is 12.4. The van der Waals surface area contributed by atoms with Gasteiger partial charge in [0, 0.05) is 11.6 Å². The number of ether oxygens (including phenoxy) is 1. The monoisotopic (exact) mass is 385 g/mol. The maximum absolute atomic E-state index is 12.4. The van der Waals surface area contributed by atoms with E-state index in [-0.39, 0.29) is 17.5 Å². The predicted molar refractivity (Wildman–Crippen MR) is 111 cm³/mol. The van der Waals surface area contributed by atoms with Gasteiger partial charge in [-0.1, -0.05) is 49.6 Å². The molecular formula is C24H23N3O2. The van der Waals surface area contributed by atoms with Crippen molar-refractivity contribution in [3.05, 3.63) is 70.8 Å². The number of hydrogen-bond donors (Lipinski definition) is 1. The number of amides is 1. The molecule has 2 aromatic rings. The molecule has 5 heteroatoms. The topological polar surface area (TPSA) is 85.9 Å². The van der Waals surface area contributed by atoms with Crippen molar-refractivity contribution >= 4 is 12.0 Å². The number of nitrogens with zero attached hydrogens (tertiary/aromatic N) is 2. The lowest BCUT2D eigenvalue weighted by Crippen LogP contribution is -2.36. The minimum absolute atomic E-state index is 0.104. The fourth-order valence-corrected chi connectivity index (χ4v) is 3.40. The van der Waals surface area contributed by atoms with Crippen LogP contribution in [0.5, 0.6) is 5.75 Å². The Morgan fingerprint density at radius 1 is 1.07 bits per heavy atom. The van der Waals surface area contributed by atoms with E-state index in [4.69, 9.17) is 10.00 Å². The minimum Gasteiger partial charge on any atom is -0.489 e. The number of nitriles is 2. The average Bonchev–Trinajstić information content (AvgIpc) is 2.77. The summed E-state index contributed by atoms with van der Waals surface area (Å²) in [6, 6.07) is 18.8. The van der Waals surface area contributed by atoms with Gasteiger partial charge in [-0.25, -0.2) is 0 Å². The summed E-state index contributed by atoms with van der Waals surface area (Å²) in [5.41, 5.74) is 2.28. The standard InChI is InChI=1S/C24H23N3O2/c25-15-19-6-4-5-7-20(19)17-29-23-12-10-18(11-13-23)14-21(16-26)24(28)27-22-8-2-1-3-9-22/h4-7,10-14,22H,1-3,8-9,17H2,(H,27,28)/b21-14-. The Bertz CT molecular complexity index is 959. The third-order valence-electron chi connectivity index (χ3n) is 5.03. The molecule has 0 saturated heterocycles. The first-order chi connectivity index (χ1) is 14.2. The van der Waals surface area contributed by atoms with E-state index < -0.39 is 0 Å². The molecule has 0 bridgehead atoms. The van der Waals surface area contributed by atoms with Crippen molar-refractivity contribution in [3.63, 3.8) is 0 Å². The summed E-state index contributed by atoms with van der Waals surface area (Å²) in [5.74, 6) is 0.341. The first-order valence-corrected chi connectivity index (χ1v) is 9.83. The lowest BCUT2D eigenvalue weighted by molar-refractivity contribution is -0.117. The van der Waals surface area contributed by atoms with Gasteiger partial charge < -0.3 is 10.1 Å². The lowest BCUT2D eigenvalue weighted by Gasteiger charge is -2.22. The summed E-state index contributed by atoms with van der Waals surface area (Å²) in [7, 11) is 0. The summed E-state index contributed by atoms with van der Waals surface area (Å²) in [5, 5.41) is 21.5. The van der Waals surface area contributed by atoms with E-state index in [1.807, 2.05) is 24.3 Å². The smallest absolute Gasteiger partial charge is 0.262 e. The van der Waals surface area contributed by atoms with Crippen LogP contribution < -0.4 is 10.1 Å². The molecule has 1 amide bonds. The van der Waals surface area contributed by atoms with Gasteiger partial charge in [-0.3, -0.25) is 4.79 Å². The van der Waals surface area contributed by atoms with Crippen LogP contribution in [-0.2, 0) is 11.4 Å². The molecule has 0 radical (unpaired) electrons. The van der Waals surface area contributed by atoms with Crippen molar-refractivity contribution in [2.45, 2.75) is 44.8 Å². The van der Waals surface area contributed by atoms with Crippen LogP contribution in [0.2, 0.25) is 0 Å². The third-order valence-corrected chi connectivity index (χ3v) is 5.03. The van der Waals surface area contributed by atoms with Gasteiger partial charge >= 0.3 is 0 Å². The van der Waals surface area contributed by atoms with Crippen molar-refractivity contribution in [3.8, 4) is 17.9 Å². The highest BCUT2D eigenvalue weighted by Gasteiger charge is 2.18. The van der Waals surface area contributed by atoms with Gasteiger partial charge in [0.05, 0.1) is 11.6 Å². The fraction of sp³-hybridized carbons (Fsp3) is 0.292. The van der Waals surface area contributed by atoms with Crippen molar-refractivity contribution in [2.24, 2.45) is 0 Å². The molecule has 1 N–H and O–H groups in total. The largest absolute Gasteiger partial charge is 0.489 e. The summed E-state index contributed by atoms with van der Waals surface area (Å²) in [6.07, 6.45) is 7.00. The van der Waals surface area contributed by atoms with E-state index in [1.165, 1.54) is 6.42 Å². The summed E-state index contributed by atoms with van der Waals surface area (Å²) in [4.78, 5) is 12.4. The second-order valence-corrected chi connectivity index (χ2v) is 7.10. The number of carbonyl (C=O) groups excluding carboxylic acids is 1. The van der Waals surface area contributed by atoms with Crippen LogP contribution in [0.1, 0.15) is 48.8 Å². The second-order valence-electron chi connectivity index (χ2n) is 7.10. The molecule has 1 aliphatic rings. The highest BCUT2D eigenvalue weighted by atomic mass is 16.5. The van der Waals surface area contributed by atoms with E-state index in [9.17, 15) is 10.1 Å². The molecule has 0 spiro atoms. The minimum atomic E-state index is -0.312. The SMILES string of the molecule is N#C/C(=C/c1ccc(OCc2ccccc2C#N)cc1)C(=O)NC1CCCCC1. The van der Waals surface area contributed by atoms with Crippen LogP contribution in [0.3, 0.4) is 0 Å². The Balaban J connectivity index is 1.61. The molecule has 1 aliphatic carbocycles. The summed E-state index contributed by atoms with van der Waals surface area (Å²) >= 11 is 0. The Hall–Kier alpha value is -3.57. The number of hydrogen-bond acceptors (Lipinski definition) is 4. The van der Waals surface area contributed by atoms with Crippen LogP contribution in [0.25, 0.3) is 6.08 Å². The molecule has 0 heterocycles. The van der Waals surface area contributed by atoms with Crippen molar-refractivity contribution in [1.29, 1.82) is 10.5 Å². The molecule has 0 atom stereocenters. The van der Waals surface area contributed by atoms with Gasteiger partial charge in [0.15, 0.2) is 0 Å². The zero-order valence-electron chi connectivity index (χ0n) is 16.2. The van der Waals surface area contributed by atoms with Gasteiger partial charge in [-0.05, 0) is 42.7 Å². The second kappa shape index (κ2) is 10.1. The highest BCUT2D eigenvalue weighted by Crippen LogP contribution is 2.19. The zero-order valence-corrected chi connectivity index (χ0v) is 16.2. The van der Waals surface area contributed by atoms with E-state index >= 15 is 0 Å². The van der Waals surface area contributed by atoms with E-state index in [0.29, 0.717) is 17.9 Å². The van der Waals surface area contributed by atoms with Gasteiger partial charge in [0.2, 0.25) is 0 Å². The summed E-state index contributed by atoms with van der Waals surface area (Å²) in [6.45, 7) is 0.298. The number of benzene rings is 2. The van der Waals surface area contributed by atoms with E-state index in [0.717, 1.165) is 36.8 Å². The van der Waals surface area contributed by atoms with Gasteiger partial charge in [0.1, 0.15) is 24.0 Å². The normalized spacial score (nSPS) is 14.5. The Labute approximate surface area is 171 Å². The van der Waals surface area contributed by atoms with Crippen LogP contribution in [0, 0.1) is 22.7 Å². The van der Waals surface area contributed by atoms with Crippen molar-refractivity contribution in [1.82, 2.24) is 5.32 Å². The van der Waals surface area contributed by atoms with Crippen LogP contribution in [0.15, 0.2) is 54.1 Å². The zero-order chi connectivity index (χ0) is 20.5.